The van der Waals surface area contributed by atoms with Crippen molar-refractivity contribution in [2.24, 2.45) is 0 Å². The fourth-order valence-corrected chi connectivity index (χ4v) is 3.47. The second-order valence-electron chi connectivity index (χ2n) is 4.97. The minimum absolute atomic E-state index is 0.353. The molecule has 3 aromatic rings. The topological polar surface area (TPSA) is 56.1 Å². The van der Waals surface area contributed by atoms with Crippen molar-refractivity contribution < 1.29 is 4.74 Å². The molecule has 1 saturated heterocycles. The number of hydrogen-bond acceptors (Lipinski definition) is 6. The normalized spacial score (nSPS) is 15.4. The van der Waals surface area contributed by atoms with E-state index >= 15 is 0 Å². The van der Waals surface area contributed by atoms with Crippen molar-refractivity contribution in [3.8, 4) is 5.75 Å². The molecule has 1 fully saturated rings. The van der Waals surface area contributed by atoms with Crippen molar-refractivity contribution in [1.29, 1.82) is 0 Å². The smallest absolute Gasteiger partial charge is 0.186 e. The van der Waals surface area contributed by atoms with Crippen molar-refractivity contribution in [3.05, 3.63) is 30.6 Å². The van der Waals surface area contributed by atoms with Crippen LogP contribution in [0.15, 0.2) is 30.6 Å². The highest BCUT2D eigenvalue weighted by atomic mass is 32.1. The molecule has 3 heterocycles. The molecule has 7 heteroatoms. The minimum atomic E-state index is 0.353. The highest BCUT2D eigenvalue weighted by Crippen LogP contribution is 2.35. The van der Waals surface area contributed by atoms with E-state index in [-0.39, 0.29) is 0 Å². The van der Waals surface area contributed by atoms with Crippen molar-refractivity contribution >= 4 is 26.7 Å². The van der Waals surface area contributed by atoms with E-state index in [0.717, 1.165) is 34.2 Å². The SMILES string of the molecule is CCOc1ccc2nc(N3CC(n4nccn4)C3)sc2c1. The number of fused-ring (bicyclic) bond motifs is 1. The summed E-state index contributed by atoms with van der Waals surface area (Å²) in [6.07, 6.45) is 3.44. The van der Waals surface area contributed by atoms with Gasteiger partial charge in [-0.15, -0.1) is 0 Å². The third-order valence-corrected chi connectivity index (χ3v) is 4.63. The van der Waals surface area contributed by atoms with Crippen LogP contribution in [0.3, 0.4) is 0 Å². The van der Waals surface area contributed by atoms with Crippen LogP contribution in [0.1, 0.15) is 13.0 Å². The Morgan fingerprint density at radius 1 is 1.29 bits per heavy atom. The summed E-state index contributed by atoms with van der Waals surface area (Å²) in [5, 5.41) is 9.43. The van der Waals surface area contributed by atoms with Crippen LogP contribution in [-0.2, 0) is 0 Å². The molecule has 1 aromatic carbocycles. The summed E-state index contributed by atoms with van der Waals surface area (Å²) in [6, 6.07) is 6.41. The van der Waals surface area contributed by atoms with Gasteiger partial charge in [-0.25, -0.2) is 4.98 Å². The van der Waals surface area contributed by atoms with Crippen LogP contribution in [-0.4, -0.2) is 39.7 Å². The number of ether oxygens (including phenoxy) is 1. The zero-order valence-electron chi connectivity index (χ0n) is 11.6. The standard InChI is InChI=1S/C14H15N5OS/c1-2-20-11-3-4-12-13(7-11)21-14(17-12)18-8-10(9-18)19-15-5-6-16-19/h3-7,10H,2,8-9H2,1H3. The zero-order chi connectivity index (χ0) is 14.2. The zero-order valence-corrected chi connectivity index (χ0v) is 12.5. The quantitative estimate of drug-likeness (QED) is 0.740. The minimum Gasteiger partial charge on any atom is -0.494 e. The van der Waals surface area contributed by atoms with Gasteiger partial charge in [-0.2, -0.15) is 15.0 Å². The van der Waals surface area contributed by atoms with Crippen LogP contribution in [0.2, 0.25) is 0 Å². The van der Waals surface area contributed by atoms with Gasteiger partial charge in [-0.1, -0.05) is 11.3 Å². The highest BCUT2D eigenvalue weighted by Gasteiger charge is 2.31. The highest BCUT2D eigenvalue weighted by molar-refractivity contribution is 7.22. The van der Waals surface area contributed by atoms with Gasteiger partial charge in [0.05, 0.1) is 29.2 Å². The molecule has 1 aliphatic rings. The first-order valence-electron chi connectivity index (χ1n) is 6.97. The molecular formula is C14H15N5OS. The molecule has 0 N–H and O–H groups in total. The van der Waals surface area contributed by atoms with E-state index in [1.54, 1.807) is 28.5 Å². The Hall–Kier alpha value is -2.15. The van der Waals surface area contributed by atoms with Gasteiger partial charge in [0.1, 0.15) is 11.8 Å². The maximum atomic E-state index is 5.54. The summed E-state index contributed by atoms with van der Waals surface area (Å²) in [5.74, 6) is 0.905. The second kappa shape index (κ2) is 5.00. The molecule has 1 aliphatic heterocycles. The predicted octanol–water partition coefficient (Wildman–Crippen LogP) is 2.35. The van der Waals surface area contributed by atoms with Gasteiger partial charge >= 0.3 is 0 Å². The molecule has 0 spiro atoms. The molecule has 4 rings (SSSR count). The summed E-state index contributed by atoms with van der Waals surface area (Å²) in [6.45, 7) is 4.49. The van der Waals surface area contributed by atoms with Crippen molar-refractivity contribution in [1.82, 2.24) is 20.0 Å². The number of aromatic nitrogens is 4. The first-order chi connectivity index (χ1) is 10.3. The fourth-order valence-electron chi connectivity index (χ4n) is 2.46. The average Bonchev–Trinajstić information content (AvgIpc) is 3.06. The molecule has 0 bridgehead atoms. The van der Waals surface area contributed by atoms with Crippen LogP contribution < -0.4 is 9.64 Å². The van der Waals surface area contributed by atoms with E-state index < -0.39 is 0 Å². The van der Waals surface area contributed by atoms with Crippen molar-refractivity contribution in [3.63, 3.8) is 0 Å². The number of nitrogens with zero attached hydrogens (tertiary/aromatic N) is 5. The summed E-state index contributed by atoms with van der Waals surface area (Å²) in [7, 11) is 0. The number of benzene rings is 1. The summed E-state index contributed by atoms with van der Waals surface area (Å²) in [5.41, 5.74) is 1.03. The Balaban J connectivity index is 1.52. The van der Waals surface area contributed by atoms with Gasteiger partial charge in [0.15, 0.2) is 5.13 Å². The van der Waals surface area contributed by atoms with Gasteiger partial charge in [0, 0.05) is 13.1 Å². The van der Waals surface area contributed by atoms with Crippen LogP contribution in [0.5, 0.6) is 5.75 Å². The number of thiazole rings is 1. The Kier molecular flexibility index (Phi) is 2.99. The molecule has 0 aliphatic carbocycles. The monoisotopic (exact) mass is 301 g/mol. The van der Waals surface area contributed by atoms with Crippen LogP contribution >= 0.6 is 11.3 Å². The van der Waals surface area contributed by atoms with E-state index in [2.05, 4.69) is 21.2 Å². The lowest BCUT2D eigenvalue weighted by molar-refractivity contribution is 0.332. The molecule has 2 aromatic heterocycles. The average molecular weight is 301 g/mol. The van der Waals surface area contributed by atoms with Gasteiger partial charge in [0.25, 0.3) is 0 Å². The largest absolute Gasteiger partial charge is 0.494 e. The maximum absolute atomic E-state index is 5.54. The van der Waals surface area contributed by atoms with Crippen molar-refractivity contribution in [2.45, 2.75) is 13.0 Å². The fraction of sp³-hybridized carbons (Fsp3) is 0.357. The molecule has 0 unspecified atom stereocenters. The molecule has 0 saturated carbocycles. The van der Waals surface area contributed by atoms with Gasteiger partial charge < -0.3 is 9.64 Å². The number of rotatable bonds is 4. The van der Waals surface area contributed by atoms with E-state index in [1.807, 2.05) is 19.1 Å². The summed E-state index contributed by atoms with van der Waals surface area (Å²) < 4.78 is 6.70. The third-order valence-electron chi connectivity index (χ3n) is 3.56. The van der Waals surface area contributed by atoms with E-state index in [4.69, 9.17) is 9.72 Å². The molecular weight excluding hydrogens is 286 g/mol. The summed E-state index contributed by atoms with van der Waals surface area (Å²) >= 11 is 1.71. The molecule has 6 nitrogen and oxygen atoms in total. The molecule has 21 heavy (non-hydrogen) atoms. The Morgan fingerprint density at radius 2 is 2.10 bits per heavy atom. The lowest BCUT2D eigenvalue weighted by Gasteiger charge is -2.37. The van der Waals surface area contributed by atoms with E-state index in [1.165, 1.54) is 0 Å². The van der Waals surface area contributed by atoms with Crippen LogP contribution in [0, 0.1) is 0 Å². The molecule has 108 valence electrons. The molecule has 0 radical (unpaired) electrons. The predicted molar refractivity (Wildman–Crippen MR) is 82.1 cm³/mol. The Labute approximate surface area is 126 Å². The lowest BCUT2D eigenvalue weighted by atomic mass is 10.1. The van der Waals surface area contributed by atoms with Crippen LogP contribution in [0.4, 0.5) is 5.13 Å². The molecule has 0 atom stereocenters. The van der Waals surface area contributed by atoms with Crippen LogP contribution in [0.25, 0.3) is 10.2 Å². The third kappa shape index (κ3) is 2.23. The first kappa shape index (κ1) is 12.6. The number of anilines is 1. The Bertz CT molecular complexity index is 748. The second-order valence-corrected chi connectivity index (χ2v) is 5.98. The lowest BCUT2D eigenvalue weighted by Crippen LogP contribution is -2.48. The van der Waals surface area contributed by atoms with Gasteiger partial charge in [-0.3, -0.25) is 0 Å². The first-order valence-corrected chi connectivity index (χ1v) is 7.79. The summed E-state index contributed by atoms with van der Waals surface area (Å²) in [4.78, 5) is 8.73. The molecule has 0 amide bonds. The Morgan fingerprint density at radius 3 is 2.86 bits per heavy atom. The van der Waals surface area contributed by atoms with E-state index in [9.17, 15) is 0 Å². The van der Waals surface area contributed by atoms with Gasteiger partial charge in [0.2, 0.25) is 0 Å². The van der Waals surface area contributed by atoms with Crippen molar-refractivity contribution in [2.75, 3.05) is 24.6 Å². The van der Waals surface area contributed by atoms with Gasteiger partial charge in [-0.05, 0) is 25.1 Å². The number of hydrogen-bond donors (Lipinski definition) is 0. The van der Waals surface area contributed by atoms with E-state index in [0.29, 0.717) is 12.6 Å². The maximum Gasteiger partial charge on any atom is 0.186 e.